The van der Waals surface area contributed by atoms with E-state index < -0.39 is 0 Å². The molecule has 0 radical (unpaired) electrons. The van der Waals surface area contributed by atoms with Crippen molar-refractivity contribution in [1.82, 2.24) is 15.0 Å². The number of aromatic nitrogens is 3. The van der Waals surface area contributed by atoms with Gasteiger partial charge in [0.25, 0.3) is 5.91 Å². The lowest BCUT2D eigenvalue weighted by atomic mass is 10.2. The summed E-state index contributed by atoms with van der Waals surface area (Å²) in [5.74, 6) is 1.41. The van der Waals surface area contributed by atoms with Gasteiger partial charge in [-0.15, -0.1) is 11.3 Å². The summed E-state index contributed by atoms with van der Waals surface area (Å²) in [5.41, 5.74) is 4.99. The van der Waals surface area contributed by atoms with Crippen LogP contribution in [0.2, 0.25) is 0 Å². The van der Waals surface area contributed by atoms with E-state index in [1.165, 1.54) is 24.2 Å². The molecule has 1 amide bonds. The highest BCUT2D eigenvalue weighted by Gasteiger charge is 2.16. The molecule has 3 aromatic rings. The molecule has 7 nitrogen and oxygen atoms in total. The van der Waals surface area contributed by atoms with E-state index in [1.54, 1.807) is 5.51 Å². The van der Waals surface area contributed by atoms with Crippen molar-refractivity contribution in [3.8, 4) is 0 Å². The van der Waals surface area contributed by atoms with E-state index >= 15 is 0 Å². The minimum atomic E-state index is -0.137. The van der Waals surface area contributed by atoms with Crippen LogP contribution in [0.5, 0.6) is 0 Å². The Morgan fingerprint density at radius 1 is 1.07 bits per heavy atom. The molecule has 0 bridgehead atoms. The number of thiazole rings is 1. The van der Waals surface area contributed by atoms with Gasteiger partial charge in [-0.1, -0.05) is 0 Å². The molecule has 3 heterocycles. The third-order valence-corrected chi connectivity index (χ3v) is 5.53. The smallest absolute Gasteiger partial charge is 0.267 e. The summed E-state index contributed by atoms with van der Waals surface area (Å²) in [7, 11) is 0. The fourth-order valence-corrected chi connectivity index (χ4v) is 3.87. The predicted octanol–water partition coefficient (Wildman–Crippen LogP) is 4.15. The van der Waals surface area contributed by atoms with Gasteiger partial charge < -0.3 is 15.5 Å². The topological polar surface area (TPSA) is 83.0 Å². The average Bonchev–Trinajstić information content (AvgIpc) is 3.34. The van der Waals surface area contributed by atoms with Crippen molar-refractivity contribution in [2.45, 2.75) is 26.7 Å². The zero-order chi connectivity index (χ0) is 19.5. The molecular weight excluding hydrogens is 372 g/mol. The molecule has 28 heavy (non-hydrogen) atoms. The van der Waals surface area contributed by atoms with E-state index in [9.17, 15) is 4.79 Å². The number of hydrogen-bond donors (Lipinski definition) is 2. The molecule has 1 saturated heterocycles. The molecule has 1 fully saturated rings. The van der Waals surface area contributed by atoms with Crippen molar-refractivity contribution in [2.75, 3.05) is 28.6 Å². The van der Waals surface area contributed by atoms with Crippen molar-refractivity contribution in [2.24, 2.45) is 0 Å². The van der Waals surface area contributed by atoms with E-state index in [2.05, 4.69) is 30.5 Å². The van der Waals surface area contributed by atoms with Crippen LogP contribution in [0.25, 0.3) is 0 Å². The van der Waals surface area contributed by atoms with Crippen LogP contribution in [0.3, 0.4) is 0 Å². The third-order valence-electron chi connectivity index (χ3n) is 4.60. The highest BCUT2D eigenvalue weighted by atomic mass is 32.1. The number of hydrogen-bond acceptors (Lipinski definition) is 7. The van der Waals surface area contributed by atoms with Crippen LogP contribution in [-0.2, 0) is 0 Å². The van der Waals surface area contributed by atoms with Crippen molar-refractivity contribution in [1.29, 1.82) is 0 Å². The molecule has 1 aromatic carbocycles. The van der Waals surface area contributed by atoms with Crippen molar-refractivity contribution >= 4 is 40.4 Å². The number of nitrogens with zero attached hydrogens (tertiary/aromatic N) is 4. The Labute approximate surface area is 167 Å². The lowest BCUT2D eigenvalue weighted by molar-refractivity contribution is 0.103. The second kappa shape index (κ2) is 7.93. The van der Waals surface area contributed by atoms with E-state index in [4.69, 9.17) is 0 Å². The first-order valence-corrected chi connectivity index (χ1v) is 10.2. The summed E-state index contributed by atoms with van der Waals surface area (Å²) in [4.78, 5) is 28.5. The van der Waals surface area contributed by atoms with Crippen LogP contribution in [0.4, 0.5) is 23.1 Å². The van der Waals surface area contributed by atoms with Gasteiger partial charge in [-0.25, -0.2) is 9.97 Å². The highest BCUT2D eigenvalue weighted by Crippen LogP contribution is 2.23. The molecule has 1 aliphatic heterocycles. The first-order chi connectivity index (χ1) is 13.6. The predicted molar refractivity (Wildman–Crippen MR) is 113 cm³/mol. The lowest BCUT2D eigenvalue weighted by Gasteiger charge is -2.17. The van der Waals surface area contributed by atoms with Crippen molar-refractivity contribution in [3.05, 3.63) is 52.1 Å². The van der Waals surface area contributed by atoms with Gasteiger partial charge >= 0.3 is 0 Å². The van der Waals surface area contributed by atoms with Crippen LogP contribution in [0.15, 0.2) is 35.8 Å². The first kappa shape index (κ1) is 18.4. The van der Waals surface area contributed by atoms with Crippen molar-refractivity contribution < 1.29 is 4.79 Å². The van der Waals surface area contributed by atoms with Gasteiger partial charge in [-0.3, -0.25) is 4.79 Å². The Morgan fingerprint density at radius 3 is 2.46 bits per heavy atom. The Hall–Kier alpha value is -3.00. The molecule has 0 saturated carbocycles. The molecule has 1 aliphatic rings. The molecule has 144 valence electrons. The number of benzene rings is 1. The Kier molecular flexibility index (Phi) is 5.21. The maximum absolute atomic E-state index is 12.3. The summed E-state index contributed by atoms with van der Waals surface area (Å²) < 4.78 is 0. The summed E-state index contributed by atoms with van der Waals surface area (Å²) in [6, 6.07) is 9.50. The number of carbonyl (C=O) groups excluding carboxylic acids is 1. The van der Waals surface area contributed by atoms with Gasteiger partial charge in [-0.2, -0.15) is 4.98 Å². The third kappa shape index (κ3) is 4.12. The highest BCUT2D eigenvalue weighted by molar-refractivity contribution is 7.12. The lowest BCUT2D eigenvalue weighted by Crippen LogP contribution is -2.21. The maximum Gasteiger partial charge on any atom is 0.267 e. The number of carbonyl (C=O) groups is 1. The van der Waals surface area contributed by atoms with Crippen LogP contribution in [0, 0.1) is 13.8 Å². The number of nitrogens with one attached hydrogen (secondary N) is 2. The second-order valence-electron chi connectivity index (χ2n) is 6.81. The van der Waals surface area contributed by atoms with Crippen LogP contribution in [-0.4, -0.2) is 33.9 Å². The normalized spacial score (nSPS) is 13.6. The zero-order valence-electron chi connectivity index (χ0n) is 15.9. The van der Waals surface area contributed by atoms with E-state index in [1.807, 2.05) is 44.2 Å². The molecule has 2 aromatic heterocycles. The molecular formula is C20H22N6OS. The van der Waals surface area contributed by atoms with Gasteiger partial charge in [-0.05, 0) is 51.0 Å². The van der Waals surface area contributed by atoms with Crippen LogP contribution >= 0.6 is 11.3 Å². The van der Waals surface area contributed by atoms with Gasteiger partial charge in [0.15, 0.2) is 0 Å². The van der Waals surface area contributed by atoms with Crippen LogP contribution in [0.1, 0.15) is 33.9 Å². The first-order valence-electron chi connectivity index (χ1n) is 9.27. The standard InChI is InChI=1S/C20H22N6OS/c1-13-11-17(25-20(22-13)26-9-3-4-10-26)23-15-5-7-16(8-6-15)24-19(27)18-14(2)21-12-28-18/h5-8,11-12H,3-4,9-10H2,1-2H3,(H,24,27)(H,22,23,25). The minimum Gasteiger partial charge on any atom is -0.341 e. The second-order valence-corrected chi connectivity index (χ2v) is 7.67. The van der Waals surface area contributed by atoms with Gasteiger partial charge in [0.1, 0.15) is 10.7 Å². The quantitative estimate of drug-likeness (QED) is 0.677. The van der Waals surface area contributed by atoms with Gasteiger partial charge in [0, 0.05) is 36.2 Å². The SMILES string of the molecule is Cc1cc(Nc2ccc(NC(=O)c3scnc3C)cc2)nc(N2CCCC2)n1. The average molecular weight is 395 g/mol. The van der Waals surface area contributed by atoms with Gasteiger partial charge in [0.2, 0.25) is 5.95 Å². The minimum absolute atomic E-state index is 0.137. The van der Waals surface area contributed by atoms with E-state index in [0.717, 1.165) is 47.6 Å². The van der Waals surface area contributed by atoms with E-state index in [0.29, 0.717) is 4.88 Å². The number of rotatable bonds is 5. The molecule has 0 aliphatic carbocycles. The fraction of sp³-hybridized carbons (Fsp3) is 0.300. The number of amides is 1. The monoisotopic (exact) mass is 394 g/mol. The Balaban J connectivity index is 1.44. The summed E-state index contributed by atoms with van der Waals surface area (Å²) in [5, 5.41) is 6.23. The Bertz CT molecular complexity index is 979. The summed E-state index contributed by atoms with van der Waals surface area (Å²) in [6.07, 6.45) is 2.38. The maximum atomic E-state index is 12.3. The molecule has 4 rings (SSSR count). The fourth-order valence-electron chi connectivity index (χ4n) is 3.17. The molecule has 2 N–H and O–H groups in total. The zero-order valence-corrected chi connectivity index (χ0v) is 16.7. The van der Waals surface area contributed by atoms with Crippen molar-refractivity contribution in [3.63, 3.8) is 0 Å². The summed E-state index contributed by atoms with van der Waals surface area (Å²) >= 11 is 1.34. The molecule has 8 heteroatoms. The number of anilines is 4. The van der Waals surface area contributed by atoms with Crippen LogP contribution < -0.4 is 15.5 Å². The van der Waals surface area contributed by atoms with Gasteiger partial charge in [0.05, 0.1) is 11.2 Å². The Morgan fingerprint density at radius 2 is 1.79 bits per heavy atom. The number of aryl methyl sites for hydroxylation is 2. The molecule has 0 unspecified atom stereocenters. The largest absolute Gasteiger partial charge is 0.341 e. The molecule has 0 spiro atoms. The summed E-state index contributed by atoms with van der Waals surface area (Å²) in [6.45, 7) is 5.83. The molecule has 0 atom stereocenters. The van der Waals surface area contributed by atoms with E-state index in [-0.39, 0.29) is 5.91 Å².